The van der Waals surface area contributed by atoms with Gasteiger partial charge in [0.15, 0.2) is 5.78 Å². The van der Waals surface area contributed by atoms with Crippen molar-refractivity contribution in [2.24, 2.45) is 0 Å². The van der Waals surface area contributed by atoms with Crippen molar-refractivity contribution in [1.82, 2.24) is 0 Å². The average molecular weight is 382 g/mol. The number of hydrogen-bond acceptors (Lipinski definition) is 1. The van der Waals surface area contributed by atoms with Gasteiger partial charge in [0.25, 0.3) is 0 Å². The zero-order valence-corrected chi connectivity index (χ0v) is 13.8. The molecule has 0 N–H and O–H groups in total. The summed E-state index contributed by atoms with van der Waals surface area (Å²) in [5.74, 6) is 0.0382. The molecule has 0 fully saturated rings. The Morgan fingerprint density at radius 2 is 1.74 bits per heavy atom. The second kappa shape index (κ2) is 6.49. The SMILES string of the molecule is CCCc1ccc(C(=O)c2cc(Br)ccc2Br)cc1. The van der Waals surface area contributed by atoms with Crippen molar-refractivity contribution >= 4 is 37.6 Å². The number of hydrogen-bond donors (Lipinski definition) is 0. The van der Waals surface area contributed by atoms with Crippen LogP contribution < -0.4 is 0 Å². The summed E-state index contributed by atoms with van der Waals surface area (Å²) in [6.45, 7) is 2.15. The van der Waals surface area contributed by atoms with Crippen molar-refractivity contribution in [3.8, 4) is 0 Å². The van der Waals surface area contributed by atoms with E-state index in [4.69, 9.17) is 0 Å². The van der Waals surface area contributed by atoms with E-state index >= 15 is 0 Å². The molecule has 3 heteroatoms. The molecule has 0 amide bonds. The quantitative estimate of drug-likeness (QED) is 0.648. The fourth-order valence-corrected chi connectivity index (χ4v) is 2.73. The minimum atomic E-state index is 0.0382. The Kier molecular flexibility index (Phi) is 4.94. The zero-order valence-electron chi connectivity index (χ0n) is 10.6. The van der Waals surface area contributed by atoms with Crippen LogP contribution in [0.2, 0.25) is 0 Å². The third kappa shape index (κ3) is 3.54. The minimum Gasteiger partial charge on any atom is -0.289 e. The lowest BCUT2D eigenvalue weighted by Gasteiger charge is -2.06. The highest BCUT2D eigenvalue weighted by Crippen LogP contribution is 2.24. The molecule has 0 aliphatic heterocycles. The zero-order chi connectivity index (χ0) is 13.8. The molecular weight excluding hydrogens is 368 g/mol. The largest absolute Gasteiger partial charge is 0.289 e. The van der Waals surface area contributed by atoms with E-state index < -0.39 is 0 Å². The molecule has 1 nitrogen and oxygen atoms in total. The normalized spacial score (nSPS) is 10.5. The fourth-order valence-electron chi connectivity index (χ4n) is 1.94. The summed E-state index contributed by atoms with van der Waals surface area (Å²) in [6, 6.07) is 13.5. The van der Waals surface area contributed by atoms with Crippen molar-refractivity contribution in [2.45, 2.75) is 19.8 Å². The van der Waals surface area contributed by atoms with E-state index in [0.717, 1.165) is 27.4 Å². The van der Waals surface area contributed by atoms with Gasteiger partial charge in [0.05, 0.1) is 0 Å². The van der Waals surface area contributed by atoms with Crippen LogP contribution in [0.25, 0.3) is 0 Å². The van der Waals surface area contributed by atoms with Gasteiger partial charge in [0.1, 0.15) is 0 Å². The van der Waals surface area contributed by atoms with Gasteiger partial charge in [0.2, 0.25) is 0 Å². The van der Waals surface area contributed by atoms with Crippen LogP contribution in [0.1, 0.15) is 34.8 Å². The maximum atomic E-state index is 12.4. The summed E-state index contributed by atoms with van der Waals surface area (Å²) in [7, 11) is 0. The van der Waals surface area contributed by atoms with Gasteiger partial charge < -0.3 is 0 Å². The van der Waals surface area contributed by atoms with E-state index in [2.05, 4.69) is 38.8 Å². The second-order valence-electron chi connectivity index (χ2n) is 4.40. The smallest absolute Gasteiger partial charge is 0.194 e. The molecule has 0 atom stereocenters. The first kappa shape index (κ1) is 14.5. The molecule has 0 spiro atoms. The molecule has 2 aromatic rings. The van der Waals surface area contributed by atoms with Crippen molar-refractivity contribution in [2.75, 3.05) is 0 Å². The van der Waals surface area contributed by atoms with Gasteiger partial charge in [-0.05, 0) is 30.2 Å². The number of halogens is 2. The Bertz CT molecular complexity index is 588. The van der Waals surface area contributed by atoms with E-state index in [1.54, 1.807) is 0 Å². The van der Waals surface area contributed by atoms with Crippen LogP contribution in [-0.4, -0.2) is 5.78 Å². The lowest BCUT2D eigenvalue weighted by atomic mass is 10.0. The van der Waals surface area contributed by atoms with Crippen LogP contribution in [0.3, 0.4) is 0 Å². The highest BCUT2D eigenvalue weighted by molar-refractivity contribution is 9.11. The van der Waals surface area contributed by atoms with E-state index in [-0.39, 0.29) is 5.78 Å². The molecule has 19 heavy (non-hydrogen) atoms. The Balaban J connectivity index is 2.30. The number of aryl methyl sites for hydroxylation is 1. The minimum absolute atomic E-state index is 0.0382. The molecule has 0 heterocycles. The molecule has 98 valence electrons. The monoisotopic (exact) mass is 380 g/mol. The van der Waals surface area contributed by atoms with Crippen LogP contribution in [0.5, 0.6) is 0 Å². The van der Waals surface area contributed by atoms with Gasteiger partial charge in [-0.3, -0.25) is 4.79 Å². The molecule has 0 saturated heterocycles. The van der Waals surface area contributed by atoms with Gasteiger partial charge in [-0.1, -0.05) is 69.5 Å². The summed E-state index contributed by atoms with van der Waals surface area (Å²) >= 11 is 6.82. The van der Waals surface area contributed by atoms with Gasteiger partial charge >= 0.3 is 0 Å². The summed E-state index contributed by atoms with van der Waals surface area (Å²) in [4.78, 5) is 12.4. The van der Waals surface area contributed by atoms with Crippen molar-refractivity contribution < 1.29 is 4.79 Å². The number of benzene rings is 2. The van der Waals surface area contributed by atoms with Crippen molar-refractivity contribution in [3.05, 3.63) is 68.1 Å². The third-order valence-electron chi connectivity index (χ3n) is 2.93. The summed E-state index contributed by atoms with van der Waals surface area (Å²) in [5, 5.41) is 0. The third-order valence-corrected chi connectivity index (χ3v) is 4.11. The van der Waals surface area contributed by atoms with Gasteiger partial charge in [-0.2, -0.15) is 0 Å². The topological polar surface area (TPSA) is 17.1 Å². The molecule has 0 radical (unpaired) electrons. The lowest BCUT2D eigenvalue weighted by molar-refractivity contribution is 0.103. The van der Waals surface area contributed by atoms with Crippen LogP contribution in [-0.2, 0) is 6.42 Å². The standard InChI is InChI=1S/C16H14Br2O/c1-2-3-11-4-6-12(7-5-11)16(19)14-10-13(17)8-9-15(14)18/h4-10H,2-3H2,1H3. The van der Waals surface area contributed by atoms with Gasteiger partial charge in [0, 0.05) is 20.1 Å². The van der Waals surface area contributed by atoms with Crippen LogP contribution in [0.4, 0.5) is 0 Å². The number of rotatable bonds is 4. The van der Waals surface area contributed by atoms with E-state index in [0.29, 0.717) is 5.56 Å². The van der Waals surface area contributed by atoms with Crippen molar-refractivity contribution in [3.63, 3.8) is 0 Å². The van der Waals surface area contributed by atoms with E-state index in [1.807, 2.05) is 42.5 Å². The number of carbonyl (C=O) groups is 1. The van der Waals surface area contributed by atoms with Crippen LogP contribution in [0, 0.1) is 0 Å². The summed E-state index contributed by atoms with van der Waals surface area (Å²) in [6.07, 6.45) is 2.17. The highest BCUT2D eigenvalue weighted by Gasteiger charge is 2.12. The average Bonchev–Trinajstić information content (AvgIpc) is 2.42. The molecule has 0 aliphatic rings. The van der Waals surface area contributed by atoms with E-state index in [1.165, 1.54) is 5.56 Å². The first-order chi connectivity index (χ1) is 9.11. The molecule has 2 rings (SSSR count). The highest BCUT2D eigenvalue weighted by atomic mass is 79.9. The van der Waals surface area contributed by atoms with Gasteiger partial charge in [-0.25, -0.2) is 0 Å². The molecular formula is C16H14Br2O. The second-order valence-corrected chi connectivity index (χ2v) is 6.17. The first-order valence-corrected chi connectivity index (χ1v) is 7.79. The van der Waals surface area contributed by atoms with Crippen molar-refractivity contribution in [1.29, 1.82) is 0 Å². The van der Waals surface area contributed by atoms with Gasteiger partial charge in [-0.15, -0.1) is 0 Å². The Hall–Kier alpha value is -0.930. The Morgan fingerprint density at radius 3 is 2.37 bits per heavy atom. The molecule has 0 bridgehead atoms. The maximum absolute atomic E-state index is 12.4. The predicted molar refractivity (Wildman–Crippen MR) is 85.7 cm³/mol. The van der Waals surface area contributed by atoms with Crippen LogP contribution in [0.15, 0.2) is 51.4 Å². The summed E-state index contributed by atoms with van der Waals surface area (Å²) in [5.41, 5.74) is 2.67. The molecule has 0 unspecified atom stereocenters. The predicted octanol–water partition coefficient (Wildman–Crippen LogP) is 5.40. The molecule has 0 aliphatic carbocycles. The molecule has 0 aromatic heterocycles. The first-order valence-electron chi connectivity index (χ1n) is 6.20. The maximum Gasteiger partial charge on any atom is 0.194 e. The molecule has 0 saturated carbocycles. The Morgan fingerprint density at radius 1 is 1.05 bits per heavy atom. The lowest BCUT2D eigenvalue weighted by Crippen LogP contribution is -2.02. The number of carbonyl (C=O) groups excluding carboxylic acids is 1. The fraction of sp³-hybridized carbons (Fsp3) is 0.188. The van der Waals surface area contributed by atoms with E-state index in [9.17, 15) is 4.79 Å². The van der Waals surface area contributed by atoms with Crippen LogP contribution >= 0.6 is 31.9 Å². The Labute approximate surface area is 130 Å². The summed E-state index contributed by atoms with van der Waals surface area (Å²) < 4.78 is 1.72. The number of ketones is 1. The molecule has 2 aromatic carbocycles.